The van der Waals surface area contributed by atoms with Gasteiger partial charge in [-0.15, -0.1) is 0 Å². The molecule has 1 aromatic heterocycles. The smallest absolute Gasteiger partial charge is 0.199 e. The fraction of sp³-hybridized carbons (Fsp3) is 0.100. The highest BCUT2D eigenvalue weighted by molar-refractivity contribution is 7.89. The van der Waals surface area contributed by atoms with Crippen LogP contribution in [-0.4, -0.2) is 17.6 Å². The number of benzene rings is 1. The molecule has 0 fully saturated rings. The molecule has 0 saturated carbocycles. The molecular formula is C10H9ClN2O2S. The predicted molar refractivity (Wildman–Crippen MR) is 61.0 cm³/mol. The Morgan fingerprint density at radius 1 is 1.38 bits per heavy atom. The summed E-state index contributed by atoms with van der Waals surface area (Å²) in [5.41, 5.74) is 0.717. The maximum Gasteiger partial charge on any atom is 0.282 e. The lowest BCUT2D eigenvalue weighted by Crippen LogP contribution is -2.13. The van der Waals surface area contributed by atoms with Gasteiger partial charge in [0.25, 0.3) is 10.0 Å². The first kappa shape index (κ1) is 11.2. The van der Waals surface area contributed by atoms with Gasteiger partial charge < -0.3 is 0 Å². The van der Waals surface area contributed by atoms with Crippen molar-refractivity contribution in [1.82, 2.24) is 9.19 Å². The molecule has 16 heavy (non-hydrogen) atoms. The minimum atomic E-state index is -3.59. The third-order valence-electron chi connectivity index (χ3n) is 2.15. The summed E-state index contributed by atoms with van der Waals surface area (Å²) in [7, 11) is -3.59. The quantitative estimate of drug-likeness (QED) is 0.827. The van der Waals surface area contributed by atoms with E-state index < -0.39 is 10.0 Å². The van der Waals surface area contributed by atoms with E-state index in [-0.39, 0.29) is 4.90 Å². The van der Waals surface area contributed by atoms with Crippen LogP contribution in [0.15, 0.2) is 41.6 Å². The van der Waals surface area contributed by atoms with Crippen LogP contribution in [0.5, 0.6) is 0 Å². The Balaban J connectivity index is 2.57. The number of hydrogen-bond donors (Lipinski definition) is 0. The van der Waals surface area contributed by atoms with Crippen molar-refractivity contribution < 1.29 is 8.42 Å². The molecule has 4 nitrogen and oxygen atoms in total. The fourth-order valence-corrected chi connectivity index (χ4v) is 2.59. The summed E-state index contributed by atoms with van der Waals surface area (Å²) in [6, 6.07) is 6.11. The van der Waals surface area contributed by atoms with Crippen molar-refractivity contribution in [3.63, 3.8) is 0 Å². The van der Waals surface area contributed by atoms with Crippen molar-refractivity contribution in [3.05, 3.63) is 47.2 Å². The lowest BCUT2D eigenvalue weighted by atomic mass is 10.2. The summed E-state index contributed by atoms with van der Waals surface area (Å²) in [4.78, 5) is 0.179. The van der Waals surface area contributed by atoms with Crippen molar-refractivity contribution in [1.29, 1.82) is 0 Å². The molecule has 1 aromatic carbocycles. The summed E-state index contributed by atoms with van der Waals surface area (Å²) in [5.74, 6) is 0. The standard InChI is InChI=1S/C10H9ClN2O2S/c1-8-7-9(3-4-10(8)11)16(14,15)13-6-2-5-12-13/h2-7H,1H3. The maximum atomic E-state index is 12.0. The van der Waals surface area contributed by atoms with E-state index in [1.54, 1.807) is 19.1 Å². The average Bonchev–Trinajstić information content (AvgIpc) is 2.75. The van der Waals surface area contributed by atoms with E-state index in [1.807, 2.05) is 0 Å². The molecule has 0 unspecified atom stereocenters. The third-order valence-corrected chi connectivity index (χ3v) is 4.14. The van der Waals surface area contributed by atoms with Crippen LogP contribution in [0.3, 0.4) is 0 Å². The molecule has 2 rings (SSSR count). The van der Waals surface area contributed by atoms with Crippen LogP contribution in [0.1, 0.15) is 5.56 Å². The number of aryl methyl sites for hydroxylation is 1. The first-order valence-electron chi connectivity index (χ1n) is 4.53. The van der Waals surface area contributed by atoms with Gasteiger partial charge in [-0.2, -0.15) is 17.6 Å². The van der Waals surface area contributed by atoms with Crippen molar-refractivity contribution in [2.45, 2.75) is 11.8 Å². The first-order valence-corrected chi connectivity index (χ1v) is 6.35. The number of rotatable bonds is 2. The molecule has 0 radical (unpaired) electrons. The molecule has 6 heteroatoms. The molecule has 2 aromatic rings. The van der Waals surface area contributed by atoms with E-state index in [2.05, 4.69) is 5.10 Å². The Bertz CT molecular complexity index is 606. The van der Waals surface area contributed by atoms with Crippen LogP contribution in [0.4, 0.5) is 0 Å². The van der Waals surface area contributed by atoms with Gasteiger partial charge in [-0.25, -0.2) is 0 Å². The average molecular weight is 257 g/mol. The minimum Gasteiger partial charge on any atom is -0.199 e. The van der Waals surface area contributed by atoms with Crippen LogP contribution < -0.4 is 0 Å². The van der Waals surface area contributed by atoms with Gasteiger partial charge in [-0.1, -0.05) is 11.6 Å². The molecule has 0 spiro atoms. The van der Waals surface area contributed by atoms with Gasteiger partial charge in [0, 0.05) is 11.2 Å². The molecule has 0 saturated heterocycles. The fourth-order valence-electron chi connectivity index (χ4n) is 1.28. The molecule has 0 aliphatic rings. The van der Waals surface area contributed by atoms with E-state index in [9.17, 15) is 8.42 Å². The lowest BCUT2D eigenvalue weighted by molar-refractivity contribution is 0.580. The summed E-state index contributed by atoms with van der Waals surface area (Å²) < 4.78 is 25.0. The van der Waals surface area contributed by atoms with E-state index in [4.69, 9.17) is 11.6 Å². The molecule has 0 N–H and O–H groups in total. The topological polar surface area (TPSA) is 52.0 Å². The molecule has 0 amide bonds. The Kier molecular flexibility index (Phi) is 2.73. The molecule has 0 bridgehead atoms. The van der Waals surface area contributed by atoms with Crippen molar-refractivity contribution in [2.24, 2.45) is 0 Å². The largest absolute Gasteiger partial charge is 0.282 e. The molecule has 0 atom stereocenters. The summed E-state index contributed by atoms with van der Waals surface area (Å²) in [6.45, 7) is 1.75. The highest BCUT2D eigenvalue weighted by Crippen LogP contribution is 2.20. The van der Waals surface area contributed by atoms with Gasteiger partial charge in [0.05, 0.1) is 11.1 Å². The first-order chi connectivity index (χ1) is 7.51. The van der Waals surface area contributed by atoms with Crippen LogP contribution >= 0.6 is 11.6 Å². The Labute approximate surface area is 98.5 Å². The monoisotopic (exact) mass is 256 g/mol. The van der Waals surface area contributed by atoms with Crippen LogP contribution in [0, 0.1) is 6.92 Å². The number of halogens is 1. The number of hydrogen-bond acceptors (Lipinski definition) is 3. The molecule has 0 aliphatic carbocycles. The zero-order valence-electron chi connectivity index (χ0n) is 8.46. The SMILES string of the molecule is Cc1cc(S(=O)(=O)n2cccn2)ccc1Cl. The normalized spacial score (nSPS) is 11.6. The van der Waals surface area contributed by atoms with Gasteiger partial charge in [0.2, 0.25) is 0 Å². The van der Waals surface area contributed by atoms with E-state index >= 15 is 0 Å². The van der Waals surface area contributed by atoms with Crippen LogP contribution in [0.25, 0.3) is 0 Å². The summed E-state index contributed by atoms with van der Waals surface area (Å²) >= 11 is 5.84. The highest BCUT2D eigenvalue weighted by atomic mass is 35.5. The van der Waals surface area contributed by atoms with Gasteiger partial charge >= 0.3 is 0 Å². The second kappa shape index (κ2) is 3.92. The van der Waals surface area contributed by atoms with Crippen molar-refractivity contribution in [3.8, 4) is 0 Å². The predicted octanol–water partition coefficient (Wildman–Crippen LogP) is 2.08. The molecule has 84 valence electrons. The lowest BCUT2D eigenvalue weighted by Gasteiger charge is -2.05. The van der Waals surface area contributed by atoms with Gasteiger partial charge in [0.15, 0.2) is 0 Å². The van der Waals surface area contributed by atoms with Gasteiger partial charge in [0.1, 0.15) is 0 Å². The van der Waals surface area contributed by atoms with E-state index in [0.29, 0.717) is 5.02 Å². The summed E-state index contributed by atoms with van der Waals surface area (Å²) in [6.07, 6.45) is 2.81. The molecule has 0 aliphatic heterocycles. The van der Waals surface area contributed by atoms with E-state index in [0.717, 1.165) is 9.65 Å². The van der Waals surface area contributed by atoms with Gasteiger partial charge in [-0.05, 0) is 36.8 Å². The zero-order valence-corrected chi connectivity index (χ0v) is 10.0. The Hall–Kier alpha value is -1.33. The number of nitrogens with zero attached hydrogens (tertiary/aromatic N) is 2. The number of aromatic nitrogens is 2. The highest BCUT2D eigenvalue weighted by Gasteiger charge is 2.17. The Morgan fingerprint density at radius 3 is 2.69 bits per heavy atom. The van der Waals surface area contributed by atoms with Crippen LogP contribution in [-0.2, 0) is 10.0 Å². The van der Waals surface area contributed by atoms with E-state index in [1.165, 1.54) is 24.5 Å². The van der Waals surface area contributed by atoms with Crippen LogP contribution in [0.2, 0.25) is 5.02 Å². The maximum absolute atomic E-state index is 12.0. The van der Waals surface area contributed by atoms with Crippen molar-refractivity contribution in [2.75, 3.05) is 0 Å². The molecule has 1 heterocycles. The van der Waals surface area contributed by atoms with Gasteiger partial charge in [-0.3, -0.25) is 0 Å². The second-order valence-electron chi connectivity index (χ2n) is 3.29. The second-order valence-corrected chi connectivity index (χ2v) is 5.50. The summed E-state index contributed by atoms with van der Waals surface area (Å²) in [5, 5.41) is 4.25. The zero-order chi connectivity index (χ0) is 11.8. The molecular weight excluding hydrogens is 248 g/mol. The minimum absolute atomic E-state index is 0.179. The van der Waals surface area contributed by atoms with Crippen molar-refractivity contribution >= 4 is 21.6 Å². The Morgan fingerprint density at radius 2 is 2.12 bits per heavy atom. The third kappa shape index (κ3) is 1.83.